The van der Waals surface area contributed by atoms with Gasteiger partial charge in [0.2, 0.25) is 5.91 Å². The van der Waals surface area contributed by atoms with Crippen LogP contribution in [0.3, 0.4) is 0 Å². The highest BCUT2D eigenvalue weighted by Crippen LogP contribution is 2.46. The molecule has 6 heteroatoms. The molecule has 1 atom stereocenters. The monoisotopic (exact) mass is 334 g/mol. The zero-order chi connectivity index (χ0) is 17.8. The van der Waals surface area contributed by atoms with Gasteiger partial charge in [0, 0.05) is 11.3 Å². The number of nitriles is 1. The van der Waals surface area contributed by atoms with Gasteiger partial charge in [-0.15, -0.1) is 0 Å². The summed E-state index contributed by atoms with van der Waals surface area (Å²) in [5.41, 5.74) is 4.62. The number of nitrogens with zero attached hydrogens (tertiary/aromatic N) is 1. The zero-order valence-electron chi connectivity index (χ0n) is 14.2. The largest absolute Gasteiger partial charge is 0.496 e. The Balaban J connectivity index is 1.70. The van der Waals surface area contributed by atoms with Crippen LogP contribution in [0.1, 0.15) is 36.7 Å². The first kappa shape index (κ1) is 15.3. The van der Waals surface area contributed by atoms with Gasteiger partial charge in [-0.25, -0.2) is 0 Å². The first-order chi connectivity index (χ1) is 11.9. The molecule has 2 aliphatic heterocycles. The van der Waals surface area contributed by atoms with Crippen LogP contribution >= 0.6 is 0 Å². The van der Waals surface area contributed by atoms with E-state index in [2.05, 4.69) is 22.0 Å². The Morgan fingerprint density at radius 2 is 1.84 bits per heavy atom. The highest BCUT2D eigenvalue weighted by Gasteiger charge is 2.40. The fourth-order valence-corrected chi connectivity index (χ4v) is 3.38. The number of rotatable bonds is 2. The van der Waals surface area contributed by atoms with E-state index in [1.54, 1.807) is 19.2 Å². The van der Waals surface area contributed by atoms with Crippen LogP contribution in [0.2, 0.25) is 0 Å². The Morgan fingerprint density at radius 1 is 1.12 bits per heavy atom. The molecule has 6 nitrogen and oxygen atoms in total. The Kier molecular flexibility index (Phi) is 3.16. The number of hydrogen-bond donors (Lipinski definition) is 3. The molecule has 0 spiro atoms. The van der Waals surface area contributed by atoms with Gasteiger partial charge in [0.1, 0.15) is 11.9 Å². The molecular formula is C19H18N4O2. The summed E-state index contributed by atoms with van der Waals surface area (Å²) in [6.45, 7) is 3.84. The minimum Gasteiger partial charge on any atom is -0.496 e. The second kappa shape index (κ2) is 5.15. The lowest BCUT2D eigenvalue weighted by atomic mass is 9.86. The van der Waals surface area contributed by atoms with E-state index in [4.69, 9.17) is 10.00 Å². The third-order valence-electron chi connectivity index (χ3n) is 4.92. The van der Waals surface area contributed by atoms with Crippen molar-refractivity contribution < 1.29 is 9.53 Å². The van der Waals surface area contributed by atoms with Crippen LogP contribution in [0.5, 0.6) is 5.75 Å². The van der Waals surface area contributed by atoms with E-state index in [1.165, 1.54) is 0 Å². The normalized spacial score (nSPS) is 19.1. The van der Waals surface area contributed by atoms with E-state index >= 15 is 0 Å². The van der Waals surface area contributed by atoms with Crippen LogP contribution in [0.4, 0.5) is 17.1 Å². The predicted molar refractivity (Wildman–Crippen MR) is 95.8 cm³/mol. The van der Waals surface area contributed by atoms with Gasteiger partial charge < -0.3 is 20.7 Å². The minimum atomic E-state index is -0.545. The van der Waals surface area contributed by atoms with E-state index in [0.717, 1.165) is 28.2 Å². The molecule has 126 valence electrons. The number of ether oxygens (including phenoxy) is 1. The molecule has 0 bridgehead atoms. The average Bonchev–Trinajstić information content (AvgIpc) is 3.11. The number of methoxy groups -OCH3 is 1. The fourth-order valence-electron chi connectivity index (χ4n) is 3.38. The van der Waals surface area contributed by atoms with Crippen molar-refractivity contribution in [1.29, 1.82) is 5.26 Å². The van der Waals surface area contributed by atoms with E-state index in [1.807, 2.05) is 32.0 Å². The summed E-state index contributed by atoms with van der Waals surface area (Å²) in [4.78, 5) is 12.1. The molecule has 4 rings (SSSR count). The lowest BCUT2D eigenvalue weighted by Gasteiger charge is -2.17. The lowest BCUT2D eigenvalue weighted by molar-refractivity contribution is -0.119. The van der Waals surface area contributed by atoms with Crippen molar-refractivity contribution in [3.05, 3.63) is 47.0 Å². The Morgan fingerprint density at radius 3 is 2.52 bits per heavy atom. The van der Waals surface area contributed by atoms with Crippen LogP contribution in [0.25, 0.3) is 0 Å². The third-order valence-corrected chi connectivity index (χ3v) is 4.92. The van der Waals surface area contributed by atoms with Crippen molar-refractivity contribution in [1.82, 2.24) is 0 Å². The summed E-state index contributed by atoms with van der Waals surface area (Å²) in [7, 11) is 1.59. The number of fused-ring (bicyclic) bond motifs is 2. The number of benzene rings is 2. The maximum Gasteiger partial charge on any atom is 0.234 e. The molecule has 3 N–H and O–H groups in total. The van der Waals surface area contributed by atoms with Gasteiger partial charge >= 0.3 is 0 Å². The molecule has 0 saturated carbocycles. The van der Waals surface area contributed by atoms with Crippen LogP contribution in [-0.2, 0) is 10.2 Å². The molecular weight excluding hydrogens is 316 g/mol. The topological polar surface area (TPSA) is 86.2 Å². The van der Waals surface area contributed by atoms with E-state index in [-0.39, 0.29) is 12.1 Å². The molecule has 0 aromatic heterocycles. The summed E-state index contributed by atoms with van der Waals surface area (Å²) < 4.78 is 5.44. The highest BCUT2D eigenvalue weighted by molar-refractivity contribution is 6.07. The van der Waals surface area contributed by atoms with Gasteiger partial charge in [-0.2, -0.15) is 5.26 Å². The molecule has 0 radical (unpaired) electrons. The Bertz CT molecular complexity index is 943. The van der Waals surface area contributed by atoms with E-state index in [9.17, 15) is 4.79 Å². The van der Waals surface area contributed by atoms with Crippen LogP contribution in [0, 0.1) is 11.3 Å². The molecule has 2 heterocycles. The molecule has 0 saturated heterocycles. The van der Waals surface area contributed by atoms with Gasteiger partial charge in [-0.05, 0) is 43.7 Å². The molecule has 2 aromatic rings. The number of carbonyl (C=O) groups is 1. The van der Waals surface area contributed by atoms with E-state index in [0.29, 0.717) is 11.3 Å². The van der Waals surface area contributed by atoms with Crippen molar-refractivity contribution in [3.63, 3.8) is 0 Å². The molecule has 2 aliphatic rings. The zero-order valence-corrected chi connectivity index (χ0v) is 14.2. The SMILES string of the molecule is COc1cc(C#N)ccc1C1Nc2cc3c(cc2N1)C(C)(C)C(=O)N3. The quantitative estimate of drug-likeness (QED) is 0.784. The number of hydrogen-bond acceptors (Lipinski definition) is 5. The number of nitrogens with one attached hydrogen (secondary N) is 3. The van der Waals surface area contributed by atoms with Gasteiger partial charge in [0.25, 0.3) is 0 Å². The van der Waals surface area contributed by atoms with Crippen molar-refractivity contribution >= 4 is 23.0 Å². The van der Waals surface area contributed by atoms with Crippen molar-refractivity contribution in [2.45, 2.75) is 25.4 Å². The summed E-state index contributed by atoms with van der Waals surface area (Å²) in [5, 5.41) is 18.8. The van der Waals surface area contributed by atoms with E-state index < -0.39 is 5.41 Å². The summed E-state index contributed by atoms with van der Waals surface area (Å²) in [6, 6.07) is 11.5. The predicted octanol–water partition coefficient (Wildman–Crippen LogP) is 3.33. The first-order valence-electron chi connectivity index (χ1n) is 8.05. The van der Waals surface area contributed by atoms with Crippen LogP contribution < -0.4 is 20.7 Å². The van der Waals surface area contributed by atoms with Crippen molar-refractivity contribution in [3.8, 4) is 11.8 Å². The maximum atomic E-state index is 12.1. The fraction of sp³-hybridized carbons (Fsp3) is 0.263. The maximum absolute atomic E-state index is 12.1. The average molecular weight is 334 g/mol. The third kappa shape index (κ3) is 2.20. The van der Waals surface area contributed by atoms with Crippen molar-refractivity contribution in [2.75, 3.05) is 23.1 Å². The minimum absolute atomic E-state index is 0.0106. The second-order valence-corrected chi connectivity index (χ2v) is 6.81. The molecule has 1 unspecified atom stereocenters. The number of amides is 1. The molecule has 1 amide bonds. The lowest BCUT2D eigenvalue weighted by Crippen LogP contribution is -2.26. The highest BCUT2D eigenvalue weighted by atomic mass is 16.5. The standard InChI is InChI=1S/C19H18N4O2/c1-19(2)12-7-14-15(8-13(12)23-18(19)24)22-17(21-14)11-5-4-10(9-20)6-16(11)25-3/h4-8,17,21-22H,1-3H3,(H,23,24). The molecule has 0 fully saturated rings. The van der Waals surface area contributed by atoms with Crippen LogP contribution in [-0.4, -0.2) is 13.0 Å². The van der Waals surface area contributed by atoms with Gasteiger partial charge in [0.15, 0.2) is 0 Å². The van der Waals surface area contributed by atoms with Gasteiger partial charge in [-0.3, -0.25) is 4.79 Å². The number of carbonyl (C=O) groups excluding carboxylic acids is 1. The first-order valence-corrected chi connectivity index (χ1v) is 8.05. The molecule has 2 aromatic carbocycles. The summed E-state index contributed by atoms with van der Waals surface area (Å²) in [5.74, 6) is 0.662. The van der Waals surface area contributed by atoms with Gasteiger partial charge in [-0.1, -0.05) is 6.07 Å². The van der Waals surface area contributed by atoms with Gasteiger partial charge in [0.05, 0.1) is 35.5 Å². The number of anilines is 3. The summed E-state index contributed by atoms with van der Waals surface area (Å²) in [6.07, 6.45) is -0.168. The molecule has 0 aliphatic carbocycles. The van der Waals surface area contributed by atoms with Crippen LogP contribution in [0.15, 0.2) is 30.3 Å². The Hall–Kier alpha value is -3.20. The smallest absolute Gasteiger partial charge is 0.234 e. The Labute approximate surface area is 145 Å². The van der Waals surface area contributed by atoms with Crippen molar-refractivity contribution in [2.24, 2.45) is 0 Å². The summed E-state index contributed by atoms with van der Waals surface area (Å²) >= 11 is 0. The molecule has 25 heavy (non-hydrogen) atoms. The second-order valence-electron chi connectivity index (χ2n) is 6.81.